The quantitative estimate of drug-likeness (QED) is 0.427. The zero-order valence-corrected chi connectivity index (χ0v) is 18.0. The third kappa shape index (κ3) is 6.69. The first-order valence-electron chi connectivity index (χ1n) is 9.72. The number of pyridine rings is 1. The van der Waals surface area contributed by atoms with Crippen molar-refractivity contribution in [2.45, 2.75) is 19.5 Å². The minimum atomic E-state index is -4.47. The van der Waals surface area contributed by atoms with Crippen LogP contribution in [0.25, 0.3) is 0 Å². The Labute approximate surface area is 192 Å². The summed E-state index contributed by atoms with van der Waals surface area (Å²) in [7, 11) is 0. The molecule has 6 nitrogen and oxygen atoms in total. The number of halogens is 4. The van der Waals surface area contributed by atoms with Crippen molar-refractivity contribution in [2.24, 2.45) is 0 Å². The van der Waals surface area contributed by atoms with Crippen molar-refractivity contribution in [3.05, 3.63) is 82.5 Å². The van der Waals surface area contributed by atoms with Crippen molar-refractivity contribution in [1.82, 2.24) is 4.98 Å². The number of anilines is 1. The highest BCUT2D eigenvalue weighted by molar-refractivity contribution is 6.32. The first-order chi connectivity index (χ1) is 15.7. The average molecular weight is 479 g/mol. The molecule has 2 aromatic carbocycles. The molecule has 0 aliphatic heterocycles. The van der Waals surface area contributed by atoms with E-state index in [0.29, 0.717) is 23.6 Å². The number of nitrogens with one attached hydrogen (secondary N) is 1. The Kier molecular flexibility index (Phi) is 7.55. The molecular formula is C23H18ClF3N2O4. The third-order valence-corrected chi connectivity index (χ3v) is 4.63. The minimum Gasteiger partial charge on any atom is -0.466 e. The molecule has 0 fully saturated rings. The van der Waals surface area contributed by atoms with E-state index in [1.165, 1.54) is 18.3 Å². The second-order valence-electron chi connectivity index (χ2n) is 6.76. The van der Waals surface area contributed by atoms with E-state index in [9.17, 15) is 22.8 Å². The standard InChI is InChI=1S/C23H18ClF3N2O4/c1-2-32-21(30)12-14-3-9-19(18(24)11-14)33-20-10-8-17(13-28-20)29-22(31)15-4-6-16(7-5-15)23(25,26)27/h3-11,13H,2,12H2,1H3,(H,29,31). The van der Waals surface area contributed by atoms with Gasteiger partial charge in [0.05, 0.1) is 35.5 Å². The largest absolute Gasteiger partial charge is 0.466 e. The van der Waals surface area contributed by atoms with Crippen LogP contribution in [-0.4, -0.2) is 23.5 Å². The van der Waals surface area contributed by atoms with E-state index < -0.39 is 17.6 Å². The molecule has 3 aromatic rings. The molecule has 1 aromatic heterocycles. The van der Waals surface area contributed by atoms with Crippen LogP contribution in [0.15, 0.2) is 60.8 Å². The summed E-state index contributed by atoms with van der Waals surface area (Å²) in [4.78, 5) is 27.9. The Morgan fingerprint density at radius 2 is 1.79 bits per heavy atom. The van der Waals surface area contributed by atoms with Gasteiger partial charge in [0, 0.05) is 11.6 Å². The van der Waals surface area contributed by atoms with Gasteiger partial charge < -0.3 is 14.8 Å². The predicted molar refractivity (Wildman–Crippen MR) is 115 cm³/mol. The number of hydrogen-bond donors (Lipinski definition) is 1. The van der Waals surface area contributed by atoms with E-state index in [1.54, 1.807) is 25.1 Å². The van der Waals surface area contributed by atoms with E-state index in [1.807, 2.05) is 0 Å². The summed E-state index contributed by atoms with van der Waals surface area (Å²) >= 11 is 6.21. The van der Waals surface area contributed by atoms with Crippen LogP contribution in [0.2, 0.25) is 5.02 Å². The van der Waals surface area contributed by atoms with Crippen LogP contribution < -0.4 is 10.1 Å². The number of ether oxygens (including phenoxy) is 2. The minimum absolute atomic E-state index is 0.0676. The number of carbonyl (C=O) groups is 2. The van der Waals surface area contributed by atoms with Crippen LogP contribution in [0.5, 0.6) is 11.6 Å². The number of amides is 1. The molecule has 0 unspecified atom stereocenters. The Bertz CT molecular complexity index is 1130. The van der Waals surface area contributed by atoms with Crippen LogP contribution in [-0.2, 0) is 22.1 Å². The molecule has 0 aliphatic rings. The van der Waals surface area contributed by atoms with Gasteiger partial charge in [0.15, 0.2) is 0 Å². The van der Waals surface area contributed by atoms with Gasteiger partial charge in [-0.25, -0.2) is 4.98 Å². The van der Waals surface area contributed by atoms with E-state index in [-0.39, 0.29) is 28.9 Å². The highest BCUT2D eigenvalue weighted by Gasteiger charge is 2.30. The van der Waals surface area contributed by atoms with E-state index in [4.69, 9.17) is 21.1 Å². The lowest BCUT2D eigenvalue weighted by Crippen LogP contribution is -2.13. The maximum absolute atomic E-state index is 12.6. The molecule has 10 heteroatoms. The second kappa shape index (κ2) is 10.4. The van der Waals surface area contributed by atoms with E-state index in [2.05, 4.69) is 10.3 Å². The molecule has 1 heterocycles. The molecule has 0 aliphatic carbocycles. The van der Waals surface area contributed by atoms with Crippen molar-refractivity contribution in [3.63, 3.8) is 0 Å². The summed E-state index contributed by atoms with van der Waals surface area (Å²) < 4.78 is 48.4. The van der Waals surface area contributed by atoms with Crippen LogP contribution in [0, 0.1) is 0 Å². The number of hydrogen-bond acceptors (Lipinski definition) is 5. The first-order valence-corrected chi connectivity index (χ1v) is 10.1. The molecule has 0 radical (unpaired) electrons. The summed E-state index contributed by atoms with van der Waals surface area (Å²) in [5.74, 6) is -0.432. The third-order valence-electron chi connectivity index (χ3n) is 4.33. The Morgan fingerprint density at radius 1 is 1.06 bits per heavy atom. The SMILES string of the molecule is CCOC(=O)Cc1ccc(Oc2ccc(NC(=O)c3ccc(C(F)(F)F)cc3)cn2)c(Cl)c1. The summed E-state index contributed by atoms with van der Waals surface area (Å²) in [5, 5.41) is 2.82. The lowest BCUT2D eigenvalue weighted by molar-refractivity contribution is -0.142. The first kappa shape index (κ1) is 24.1. The fourth-order valence-electron chi connectivity index (χ4n) is 2.76. The van der Waals surface area contributed by atoms with Crippen LogP contribution >= 0.6 is 11.6 Å². The Balaban J connectivity index is 1.61. The average Bonchev–Trinajstić information content (AvgIpc) is 2.76. The van der Waals surface area contributed by atoms with Gasteiger partial charge in [0.2, 0.25) is 5.88 Å². The number of nitrogens with zero attached hydrogens (tertiary/aromatic N) is 1. The molecule has 33 heavy (non-hydrogen) atoms. The zero-order chi connectivity index (χ0) is 24.0. The lowest BCUT2D eigenvalue weighted by atomic mass is 10.1. The van der Waals surface area contributed by atoms with Gasteiger partial charge in [0.1, 0.15) is 5.75 Å². The van der Waals surface area contributed by atoms with Crippen molar-refractivity contribution >= 4 is 29.2 Å². The van der Waals surface area contributed by atoms with Gasteiger partial charge in [-0.2, -0.15) is 13.2 Å². The van der Waals surface area contributed by atoms with Crippen molar-refractivity contribution < 1.29 is 32.2 Å². The van der Waals surface area contributed by atoms with Gasteiger partial charge in [-0.15, -0.1) is 0 Å². The smallest absolute Gasteiger partial charge is 0.416 e. The molecule has 1 amide bonds. The maximum Gasteiger partial charge on any atom is 0.416 e. The molecule has 0 saturated heterocycles. The number of alkyl halides is 3. The van der Waals surface area contributed by atoms with E-state index >= 15 is 0 Å². The Hall–Kier alpha value is -3.59. The van der Waals surface area contributed by atoms with Crippen molar-refractivity contribution in [2.75, 3.05) is 11.9 Å². The summed E-state index contributed by atoms with van der Waals surface area (Å²) in [6, 6.07) is 11.7. The summed E-state index contributed by atoms with van der Waals surface area (Å²) in [6.45, 7) is 2.01. The number of benzene rings is 2. The van der Waals surface area contributed by atoms with Gasteiger partial charge in [-0.1, -0.05) is 17.7 Å². The summed E-state index contributed by atoms with van der Waals surface area (Å²) in [6.07, 6.45) is -3.06. The van der Waals surface area contributed by atoms with Crippen molar-refractivity contribution in [1.29, 1.82) is 0 Å². The van der Waals surface area contributed by atoms with Crippen molar-refractivity contribution in [3.8, 4) is 11.6 Å². The topological polar surface area (TPSA) is 77.5 Å². The highest BCUT2D eigenvalue weighted by atomic mass is 35.5. The van der Waals surface area contributed by atoms with Gasteiger partial charge >= 0.3 is 12.1 Å². The fraction of sp³-hybridized carbons (Fsp3) is 0.174. The van der Waals surface area contributed by atoms with Gasteiger partial charge in [0.25, 0.3) is 5.91 Å². The number of rotatable bonds is 7. The molecule has 0 spiro atoms. The molecule has 0 atom stereocenters. The fourth-order valence-corrected chi connectivity index (χ4v) is 3.00. The van der Waals surface area contributed by atoms with Crippen LogP contribution in [0.1, 0.15) is 28.4 Å². The molecule has 1 N–H and O–H groups in total. The molecule has 172 valence electrons. The number of carbonyl (C=O) groups excluding carboxylic acids is 2. The van der Waals surface area contributed by atoms with Gasteiger partial charge in [-0.3, -0.25) is 9.59 Å². The monoisotopic (exact) mass is 478 g/mol. The molecule has 0 saturated carbocycles. The van der Waals surface area contributed by atoms with Crippen LogP contribution in [0.4, 0.5) is 18.9 Å². The number of esters is 1. The lowest BCUT2D eigenvalue weighted by Gasteiger charge is -2.10. The highest BCUT2D eigenvalue weighted by Crippen LogP contribution is 2.31. The van der Waals surface area contributed by atoms with E-state index in [0.717, 1.165) is 24.3 Å². The summed E-state index contributed by atoms with van der Waals surface area (Å²) in [5.41, 5.74) is 0.219. The maximum atomic E-state index is 12.6. The zero-order valence-electron chi connectivity index (χ0n) is 17.3. The predicted octanol–water partition coefficient (Wildman–Crippen LogP) is 5.90. The van der Waals surface area contributed by atoms with Crippen LogP contribution in [0.3, 0.4) is 0 Å². The molecule has 0 bridgehead atoms. The Morgan fingerprint density at radius 3 is 2.36 bits per heavy atom. The van der Waals surface area contributed by atoms with Gasteiger partial charge in [-0.05, 0) is 55.0 Å². The second-order valence-corrected chi connectivity index (χ2v) is 7.17. The molecule has 3 rings (SSSR count). The normalized spacial score (nSPS) is 11.1. The number of aromatic nitrogens is 1. The molecular weight excluding hydrogens is 461 g/mol.